The van der Waals surface area contributed by atoms with Crippen LogP contribution in [0.5, 0.6) is 0 Å². The van der Waals surface area contributed by atoms with Gasteiger partial charge >= 0.3 is 0 Å². The fraction of sp³-hybridized carbons (Fsp3) is 0.214. The van der Waals surface area contributed by atoms with Crippen molar-refractivity contribution < 1.29 is 9.21 Å². The molecular weight excluding hydrogens is 228 g/mol. The molecule has 1 amide bonds. The van der Waals surface area contributed by atoms with Crippen LogP contribution in [0.15, 0.2) is 41.0 Å². The molecule has 0 saturated heterocycles. The molecule has 2 aromatic rings. The van der Waals surface area contributed by atoms with Crippen molar-refractivity contribution in [2.75, 3.05) is 12.4 Å². The van der Waals surface area contributed by atoms with Gasteiger partial charge in [-0.05, 0) is 37.7 Å². The van der Waals surface area contributed by atoms with Gasteiger partial charge in [0.25, 0.3) is 5.91 Å². The molecule has 0 saturated carbocycles. The smallest absolute Gasteiger partial charge is 0.291 e. The summed E-state index contributed by atoms with van der Waals surface area (Å²) in [6, 6.07) is 9.47. The Morgan fingerprint density at radius 2 is 1.94 bits per heavy atom. The SMILES string of the molecule is CNCc1ccc(NC(=O)c2occc2C)cc1. The van der Waals surface area contributed by atoms with E-state index in [2.05, 4.69) is 10.6 Å². The van der Waals surface area contributed by atoms with Gasteiger partial charge < -0.3 is 15.1 Å². The van der Waals surface area contributed by atoms with Crippen LogP contribution >= 0.6 is 0 Å². The van der Waals surface area contributed by atoms with Crippen LogP contribution in [0.4, 0.5) is 5.69 Å². The predicted molar refractivity (Wildman–Crippen MR) is 70.6 cm³/mol. The summed E-state index contributed by atoms with van der Waals surface area (Å²) < 4.78 is 5.14. The van der Waals surface area contributed by atoms with E-state index >= 15 is 0 Å². The van der Waals surface area contributed by atoms with Crippen molar-refractivity contribution in [1.29, 1.82) is 0 Å². The van der Waals surface area contributed by atoms with Gasteiger partial charge in [-0.2, -0.15) is 0 Å². The van der Waals surface area contributed by atoms with E-state index in [1.54, 1.807) is 6.07 Å². The number of rotatable bonds is 4. The van der Waals surface area contributed by atoms with Gasteiger partial charge in [-0.1, -0.05) is 12.1 Å². The van der Waals surface area contributed by atoms with E-state index in [1.165, 1.54) is 11.8 Å². The molecule has 1 heterocycles. The Morgan fingerprint density at radius 3 is 2.50 bits per heavy atom. The highest BCUT2D eigenvalue weighted by atomic mass is 16.3. The zero-order valence-corrected chi connectivity index (χ0v) is 10.5. The number of carbonyl (C=O) groups excluding carboxylic acids is 1. The largest absolute Gasteiger partial charge is 0.459 e. The Balaban J connectivity index is 2.05. The molecule has 1 aromatic heterocycles. The highest BCUT2D eigenvalue weighted by Crippen LogP contribution is 2.14. The number of amides is 1. The van der Waals surface area contributed by atoms with Gasteiger partial charge in [-0.15, -0.1) is 0 Å². The van der Waals surface area contributed by atoms with E-state index in [9.17, 15) is 4.79 Å². The third-order valence-corrected chi connectivity index (χ3v) is 2.66. The highest BCUT2D eigenvalue weighted by Gasteiger charge is 2.12. The van der Waals surface area contributed by atoms with E-state index in [1.807, 2.05) is 38.2 Å². The molecule has 94 valence electrons. The molecule has 0 aliphatic rings. The van der Waals surface area contributed by atoms with Crippen LogP contribution in [0.25, 0.3) is 0 Å². The summed E-state index contributed by atoms with van der Waals surface area (Å²) in [5.74, 6) is 0.133. The number of nitrogens with one attached hydrogen (secondary N) is 2. The fourth-order valence-corrected chi connectivity index (χ4v) is 1.70. The molecule has 4 heteroatoms. The first-order valence-electron chi connectivity index (χ1n) is 5.79. The third-order valence-electron chi connectivity index (χ3n) is 2.66. The summed E-state index contributed by atoms with van der Waals surface area (Å²) in [5, 5.41) is 5.87. The molecule has 0 radical (unpaired) electrons. The van der Waals surface area contributed by atoms with Crippen LogP contribution in [-0.4, -0.2) is 13.0 Å². The van der Waals surface area contributed by atoms with Crippen molar-refractivity contribution in [2.45, 2.75) is 13.5 Å². The molecule has 0 fully saturated rings. The second-order valence-electron chi connectivity index (χ2n) is 4.11. The van der Waals surface area contributed by atoms with Crippen molar-refractivity contribution >= 4 is 11.6 Å². The first-order valence-corrected chi connectivity index (χ1v) is 5.79. The highest BCUT2D eigenvalue weighted by molar-refractivity contribution is 6.03. The van der Waals surface area contributed by atoms with Crippen molar-refractivity contribution in [1.82, 2.24) is 5.32 Å². The zero-order valence-electron chi connectivity index (χ0n) is 10.5. The van der Waals surface area contributed by atoms with Crippen molar-refractivity contribution in [2.24, 2.45) is 0 Å². The van der Waals surface area contributed by atoms with Crippen LogP contribution in [0, 0.1) is 6.92 Å². The van der Waals surface area contributed by atoms with E-state index in [0.717, 1.165) is 17.8 Å². The van der Waals surface area contributed by atoms with Crippen LogP contribution in [0.1, 0.15) is 21.7 Å². The lowest BCUT2D eigenvalue weighted by Gasteiger charge is -2.05. The Bertz CT molecular complexity index is 529. The molecule has 0 aliphatic heterocycles. The number of furan rings is 1. The molecule has 0 atom stereocenters. The lowest BCUT2D eigenvalue weighted by atomic mass is 10.2. The average Bonchev–Trinajstić information content (AvgIpc) is 2.78. The van der Waals surface area contributed by atoms with Crippen LogP contribution < -0.4 is 10.6 Å². The molecule has 1 aromatic carbocycles. The summed E-state index contributed by atoms with van der Waals surface area (Å²) in [4.78, 5) is 11.9. The number of anilines is 1. The monoisotopic (exact) mass is 244 g/mol. The van der Waals surface area contributed by atoms with Gasteiger partial charge in [0.15, 0.2) is 5.76 Å². The number of benzene rings is 1. The standard InChI is InChI=1S/C14H16N2O2/c1-10-7-8-18-13(10)14(17)16-12-5-3-11(4-6-12)9-15-2/h3-8,15H,9H2,1-2H3,(H,16,17). The third kappa shape index (κ3) is 2.78. The number of hydrogen-bond donors (Lipinski definition) is 2. The van der Waals surface area contributed by atoms with Gasteiger partial charge in [0, 0.05) is 17.8 Å². The average molecular weight is 244 g/mol. The number of aryl methyl sites for hydroxylation is 1. The van der Waals surface area contributed by atoms with E-state index in [4.69, 9.17) is 4.42 Å². The second-order valence-corrected chi connectivity index (χ2v) is 4.11. The molecule has 2 N–H and O–H groups in total. The first-order chi connectivity index (χ1) is 8.70. The minimum absolute atomic E-state index is 0.223. The van der Waals surface area contributed by atoms with Crippen molar-refractivity contribution in [3.05, 3.63) is 53.5 Å². The summed E-state index contributed by atoms with van der Waals surface area (Å²) in [7, 11) is 1.90. The number of hydrogen-bond acceptors (Lipinski definition) is 3. The van der Waals surface area contributed by atoms with Crippen molar-refractivity contribution in [3.63, 3.8) is 0 Å². The van der Waals surface area contributed by atoms with E-state index in [0.29, 0.717) is 5.76 Å². The van der Waals surface area contributed by atoms with Gasteiger partial charge in [0.05, 0.1) is 6.26 Å². The Morgan fingerprint density at radius 1 is 1.22 bits per heavy atom. The van der Waals surface area contributed by atoms with Crippen LogP contribution in [0.2, 0.25) is 0 Å². The first kappa shape index (κ1) is 12.4. The molecule has 18 heavy (non-hydrogen) atoms. The Kier molecular flexibility index (Phi) is 3.79. The summed E-state index contributed by atoms with van der Waals surface area (Å²) in [6.07, 6.45) is 1.51. The van der Waals surface area contributed by atoms with Crippen LogP contribution in [-0.2, 0) is 6.54 Å². The predicted octanol–water partition coefficient (Wildman–Crippen LogP) is 2.56. The Labute approximate surface area is 106 Å². The second kappa shape index (κ2) is 5.51. The molecular formula is C14H16N2O2. The van der Waals surface area contributed by atoms with Crippen molar-refractivity contribution in [3.8, 4) is 0 Å². The van der Waals surface area contributed by atoms with Gasteiger partial charge in [0.2, 0.25) is 0 Å². The minimum Gasteiger partial charge on any atom is -0.459 e. The lowest BCUT2D eigenvalue weighted by Crippen LogP contribution is -2.12. The maximum atomic E-state index is 11.9. The van der Waals surface area contributed by atoms with Gasteiger partial charge in [-0.3, -0.25) is 4.79 Å². The quantitative estimate of drug-likeness (QED) is 0.869. The van der Waals surface area contributed by atoms with E-state index < -0.39 is 0 Å². The lowest BCUT2D eigenvalue weighted by molar-refractivity contribution is 0.0996. The summed E-state index contributed by atoms with van der Waals surface area (Å²) >= 11 is 0. The Hall–Kier alpha value is -2.07. The summed E-state index contributed by atoms with van der Waals surface area (Å²) in [5.41, 5.74) is 2.76. The maximum Gasteiger partial charge on any atom is 0.291 e. The molecule has 0 spiro atoms. The molecule has 0 unspecified atom stereocenters. The normalized spacial score (nSPS) is 10.3. The fourth-order valence-electron chi connectivity index (χ4n) is 1.70. The molecule has 4 nitrogen and oxygen atoms in total. The topological polar surface area (TPSA) is 54.3 Å². The van der Waals surface area contributed by atoms with Gasteiger partial charge in [-0.25, -0.2) is 0 Å². The van der Waals surface area contributed by atoms with Crippen LogP contribution in [0.3, 0.4) is 0 Å². The zero-order chi connectivity index (χ0) is 13.0. The molecule has 2 rings (SSSR count). The number of carbonyl (C=O) groups is 1. The van der Waals surface area contributed by atoms with E-state index in [-0.39, 0.29) is 5.91 Å². The van der Waals surface area contributed by atoms with Gasteiger partial charge in [0.1, 0.15) is 0 Å². The molecule has 0 aliphatic carbocycles. The summed E-state index contributed by atoms with van der Waals surface area (Å²) in [6.45, 7) is 2.65. The maximum absolute atomic E-state index is 11.9. The molecule has 0 bridgehead atoms. The minimum atomic E-state index is -0.223.